The van der Waals surface area contributed by atoms with Crippen molar-refractivity contribution in [2.24, 2.45) is 5.92 Å². The van der Waals surface area contributed by atoms with Gasteiger partial charge in [0.1, 0.15) is 0 Å². The standard InChI is InChI=1S/C11H17N/c1-4-9(3)12-10-5-8(2)6-11(12)7-10/h4,8,10-11H,1,3,5-7H2,2H3. The number of hydrogen-bond donors (Lipinski definition) is 0. The molecule has 1 heteroatoms. The molecule has 2 saturated heterocycles. The summed E-state index contributed by atoms with van der Waals surface area (Å²) in [6, 6.07) is 1.56. The fourth-order valence-corrected chi connectivity index (χ4v) is 2.72. The summed E-state index contributed by atoms with van der Waals surface area (Å²) < 4.78 is 0. The molecule has 2 unspecified atom stereocenters. The Kier molecular flexibility index (Phi) is 1.75. The monoisotopic (exact) mass is 163 g/mol. The molecule has 66 valence electrons. The smallest absolute Gasteiger partial charge is 0.0314 e. The van der Waals surface area contributed by atoms with E-state index < -0.39 is 0 Å². The number of hydrogen-bond acceptors (Lipinski definition) is 1. The zero-order valence-electron chi connectivity index (χ0n) is 7.79. The number of rotatable bonds is 2. The van der Waals surface area contributed by atoms with Crippen molar-refractivity contribution in [3.05, 3.63) is 24.9 Å². The van der Waals surface area contributed by atoms with Gasteiger partial charge in [-0.2, -0.15) is 0 Å². The van der Waals surface area contributed by atoms with E-state index in [-0.39, 0.29) is 0 Å². The van der Waals surface area contributed by atoms with E-state index in [1.54, 1.807) is 0 Å². The second-order valence-corrected chi connectivity index (χ2v) is 4.22. The van der Waals surface area contributed by atoms with E-state index in [1.165, 1.54) is 19.3 Å². The van der Waals surface area contributed by atoms with Crippen LogP contribution in [0.4, 0.5) is 0 Å². The maximum absolute atomic E-state index is 4.01. The quantitative estimate of drug-likeness (QED) is 0.565. The highest BCUT2D eigenvalue weighted by Gasteiger charge is 2.43. The first-order chi connectivity index (χ1) is 5.72. The predicted octanol–water partition coefficient (Wildman–Crippen LogP) is 2.56. The molecule has 0 aromatic carbocycles. The van der Waals surface area contributed by atoms with Crippen molar-refractivity contribution in [1.82, 2.24) is 4.90 Å². The van der Waals surface area contributed by atoms with Gasteiger partial charge in [0.05, 0.1) is 0 Å². The molecule has 1 aliphatic carbocycles. The Hall–Kier alpha value is -0.720. The highest BCUT2D eigenvalue weighted by molar-refractivity contribution is 5.18. The van der Waals surface area contributed by atoms with Crippen LogP contribution in [0.2, 0.25) is 0 Å². The van der Waals surface area contributed by atoms with E-state index in [9.17, 15) is 0 Å². The van der Waals surface area contributed by atoms with Crippen LogP contribution in [0.15, 0.2) is 24.9 Å². The van der Waals surface area contributed by atoms with Crippen LogP contribution in [0.5, 0.6) is 0 Å². The lowest BCUT2D eigenvalue weighted by atomic mass is 9.74. The third kappa shape index (κ3) is 0.996. The van der Waals surface area contributed by atoms with E-state index in [0.29, 0.717) is 0 Å². The van der Waals surface area contributed by atoms with Gasteiger partial charge in [-0.05, 0) is 31.3 Å². The van der Waals surface area contributed by atoms with Gasteiger partial charge in [0, 0.05) is 17.8 Å². The van der Waals surface area contributed by atoms with Gasteiger partial charge in [-0.25, -0.2) is 0 Å². The van der Waals surface area contributed by atoms with Crippen molar-refractivity contribution in [1.29, 1.82) is 0 Å². The first-order valence-corrected chi connectivity index (χ1v) is 4.82. The Balaban J connectivity index is 2.04. The van der Waals surface area contributed by atoms with Gasteiger partial charge in [-0.1, -0.05) is 20.1 Å². The molecule has 0 amide bonds. The minimum absolute atomic E-state index is 0.782. The van der Waals surface area contributed by atoms with Gasteiger partial charge in [-0.15, -0.1) is 0 Å². The van der Waals surface area contributed by atoms with Gasteiger partial charge in [-0.3, -0.25) is 0 Å². The molecule has 2 atom stereocenters. The molecule has 2 heterocycles. The number of fused-ring (bicyclic) bond motifs is 2. The lowest BCUT2D eigenvalue weighted by Gasteiger charge is -2.56. The van der Waals surface area contributed by atoms with Crippen molar-refractivity contribution in [3.63, 3.8) is 0 Å². The van der Waals surface area contributed by atoms with Crippen LogP contribution in [0.3, 0.4) is 0 Å². The normalized spacial score (nSPS) is 38.8. The summed E-state index contributed by atoms with van der Waals surface area (Å²) in [5, 5.41) is 0. The highest BCUT2D eigenvalue weighted by Crippen LogP contribution is 2.43. The van der Waals surface area contributed by atoms with E-state index in [1.807, 2.05) is 6.08 Å². The SMILES string of the molecule is C=CC(=C)N1C2CC(C)CC1C2. The summed E-state index contributed by atoms with van der Waals surface area (Å²) in [6.45, 7) is 10.1. The Bertz CT molecular complexity index is 207. The summed E-state index contributed by atoms with van der Waals surface area (Å²) in [5.74, 6) is 0.919. The van der Waals surface area contributed by atoms with Crippen LogP contribution >= 0.6 is 0 Å². The summed E-state index contributed by atoms with van der Waals surface area (Å²) in [4.78, 5) is 2.45. The second kappa shape index (κ2) is 2.65. The van der Waals surface area contributed by atoms with Crippen molar-refractivity contribution in [2.45, 2.75) is 38.3 Å². The maximum Gasteiger partial charge on any atom is 0.0314 e. The molecule has 0 spiro atoms. The molecule has 0 aromatic heterocycles. The lowest BCUT2D eigenvalue weighted by Crippen LogP contribution is -2.59. The van der Waals surface area contributed by atoms with E-state index in [0.717, 1.165) is 23.7 Å². The molecule has 3 fully saturated rings. The largest absolute Gasteiger partial charge is 0.366 e. The molecular formula is C11H17N. The molecule has 0 N–H and O–H groups in total. The van der Waals surface area contributed by atoms with Gasteiger partial charge >= 0.3 is 0 Å². The van der Waals surface area contributed by atoms with Crippen LogP contribution in [-0.2, 0) is 0 Å². The van der Waals surface area contributed by atoms with Crippen LogP contribution in [-0.4, -0.2) is 17.0 Å². The van der Waals surface area contributed by atoms with Gasteiger partial charge < -0.3 is 4.90 Å². The molecule has 1 nitrogen and oxygen atoms in total. The average molecular weight is 163 g/mol. The third-order valence-corrected chi connectivity index (χ3v) is 3.25. The van der Waals surface area contributed by atoms with Crippen LogP contribution < -0.4 is 0 Å². The highest BCUT2D eigenvalue weighted by atomic mass is 15.3. The zero-order valence-corrected chi connectivity index (χ0v) is 7.79. The topological polar surface area (TPSA) is 3.24 Å². The minimum atomic E-state index is 0.782. The van der Waals surface area contributed by atoms with Crippen molar-refractivity contribution >= 4 is 0 Å². The van der Waals surface area contributed by atoms with Crippen LogP contribution in [0, 0.1) is 5.92 Å². The number of piperidine rings is 1. The molecule has 2 bridgehead atoms. The zero-order chi connectivity index (χ0) is 8.72. The fraction of sp³-hybridized carbons (Fsp3) is 0.636. The maximum atomic E-state index is 4.01. The first-order valence-electron chi connectivity index (χ1n) is 4.82. The summed E-state index contributed by atoms with van der Waals surface area (Å²) in [6.07, 6.45) is 5.97. The molecule has 12 heavy (non-hydrogen) atoms. The second-order valence-electron chi connectivity index (χ2n) is 4.22. The van der Waals surface area contributed by atoms with Gasteiger partial charge in [0.25, 0.3) is 0 Å². The Morgan fingerprint density at radius 2 is 1.92 bits per heavy atom. The third-order valence-electron chi connectivity index (χ3n) is 3.25. The Labute approximate surface area is 74.8 Å². The molecule has 3 rings (SSSR count). The molecule has 1 saturated carbocycles. The van der Waals surface area contributed by atoms with Crippen LogP contribution in [0.25, 0.3) is 0 Å². The number of allylic oxidation sites excluding steroid dienone is 1. The number of nitrogens with zero attached hydrogens (tertiary/aromatic N) is 1. The molecule has 2 aliphatic heterocycles. The summed E-state index contributed by atoms with van der Waals surface area (Å²) >= 11 is 0. The molecular weight excluding hydrogens is 146 g/mol. The predicted molar refractivity (Wildman–Crippen MR) is 51.8 cm³/mol. The summed E-state index contributed by atoms with van der Waals surface area (Å²) in [5.41, 5.74) is 1.13. The van der Waals surface area contributed by atoms with Crippen molar-refractivity contribution in [2.75, 3.05) is 0 Å². The van der Waals surface area contributed by atoms with E-state index >= 15 is 0 Å². The Morgan fingerprint density at radius 1 is 1.33 bits per heavy atom. The first kappa shape index (κ1) is 7.90. The minimum Gasteiger partial charge on any atom is -0.366 e. The Morgan fingerprint density at radius 3 is 2.42 bits per heavy atom. The average Bonchev–Trinajstić information content (AvgIpc) is 2.03. The lowest BCUT2D eigenvalue weighted by molar-refractivity contribution is -0.0146. The van der Waals surface area contributed by atoms with Gasteiger partial charge in [0.15, 0.2) is 0 Å². The van der Waals surface area contributed by atoms with Crippen LogP contribution in [0.1, 0.15) is 26.2 Å². The van der Waals surface area contributed by atoms with Crippen molar-refractivity contribution in [3.8, 4) is 0 Å². The van der Waals surface area contributed by atoms with E-state index in [2.05, 4.69) is 25.0 Å². The molecule has 0 radical (unpaired) electrons. The fourth-order valence-electron chi connectivity index (χ4n) is 2.72. The summed E-state index contributed by atoms with van der Waals surface area (Å²) in [7, 11) is 0. The molecule has 3 aliphatic rings. The molecule has 0 aromatic rings. The van der Waals surface area contributed by atoms with Crippen molar-refractivity contribution < 1.29 is 0 Å². The van der Waals surface area contributed by atoms with E-state index in [4.69, 9.17) is 0 Å². The van der Waals surface area contributed by atoms with Gasteiger partial charge in [0.2, 0.25) is 0 Å².